The third kappa shape index (κ3) is 2.57. The van der Waals surface area contributed by atoms with Crippen molar-refractivity contribution in [3.8, 4) is 0 Å². The highest BCUT2D eigenvalue weighted by molar-refractivity contribution is 5.77. The first-order chi connectivity index (χ1) is 7.76. The molecular formula is C13H24N2O. The van der Waals surface area contributed by atoms with Crippen molar-refractivity contribution in [2.75, 3.05) is 19.6 Å². The quantitative estimate of drug-likeness (QED) is 0.796. The van der Waals surface area contributed by atoms with Gasteiger partial charge in [-0.1, -0.05) is 19.3 Å². The highest BCUT2D eigenvalue weighted by atomic mass is 16.2. The second-order valence-electron chi connectivity index (χ2n) is 5.53. The predicted octanol–water partition coefficient (Wildman–Crippen LogP) is 1.91. The van der Waals surface area contributed by atoms with Crippen LogP contribution < -0.4 is 5.73 Å². The number of hydrogen-bond acceptors (Lipinski definition) is 2. The van der Waals surface area contributed by atoms with Gasteiger partial charge in [0.1, 0.15) is 0 Å². The fourth-order valence-electron chi connectivity index (χ4n) is 2.88. The topological polar surface area (TPSA) is 46.3 Å². The molecule has 1 aliphatic heterocycles. The zero-order chi connectivity index (χ0) is 11.4. The van der Waals surface area contributed by atoms with Crippen LogP contribution in [-0.4, -0.2) is 30.4 Å². The molecule has 2 fully saturated rings. The summed E-state index contributed by atoms with van der Waals surface area (Å²) in [5.74, 6) is 0.354. The maximum atomic E-state index is 12.2. The Morgan fingerprint density at radius 1 is 1.06 bits per heavy atom. The molecular weight excluding hydrogens is 200 g/mol. The van der Waals surface area contributed by atoms with Gasteiger partial charge in [0.15, 0.2) is 0 Å². The number of carbonyl (C=O) groups excluding carboxylic acids is 1. The van der Waals surface area contributed by atoms with Crippen LogP contribution in [0, 0.1) is 5.41 Å². The van der Waals surface area contributed by atoms with Crippen molar-refractivity contribution in [3.63, 3.8) is 0 Å². The molecule has 1 saturated carbocycles. The minimum absolute atomic E-state index is 0.170. The molecule has 0 unspecified atom stereocenters. The van der Waals surface area contributed by atoms with Gasteiger partial charge in [0.05, 0.1) is 0 Å². The number of carbonyl (C=O) groups is 1. The van der Waals surface area contributed by atoms with E-state index in [1.807, 2.05) is 0 Å². The van der Waals surface area contributed by atoms with Gasteiger partial charge in [-0.2, -0.15) is 0 Å². The van der Waals surface area contributed by atoms with E-state index in [1.165, 1.54) is 32.1 Å². The lowest BCUT2D eigenvalue weighted by molar-refractivity contribution is -0.135. The van der Waals surface area contributed by atoms with E-state index in [0.717, 1.165) is 25.9 Å². The summed E-state index contributed by atoms with van der Waals surface area (Å²) >= 11 is 0. The maximum absolute atomic E-state index is 12.2. The number of amides is 1. The highest BCUT2D eigenvalue weighted by Crippen LogP contribution is 2.43. The summed E-state index contributed by atoms with van der Waals surface area (Å²) in [6.07, 6.45) is 9.19. The fraction of sp³-hybridized carbons (Fsp3) is 0.923. The zero-order valence-corrected chi connectivity index (χ0v) is 10.2. The molecule has 1 saturated heterocycles. The molecule has 0 aromatic rings. The monoisotopic (exact) mass is 224 g/mol. The summed E-state index contributed by atoms with van der Waals surface area (Å²) in [4.78, 5) is 14.3. The normalized spacial score (nSPS) is 24.7. The van der Waals surface area contributed by atoms with E-state index in [9.17, 15) is 4.79 Å². The lowest BCUT2D eigenvalue weighted by atomic mass is 9.66. The van der Waals surface area contributed by atoms with Crippen molar-refractivity contribution in [1.29, 1.82) is 0 Å². The summed E-state index contributed by atoms with van der Waals surface area (Å²) < 4.78 is 0. The smallest absolute Gasteiger partial charge is 0.223 e. The average molecular weight is 224 g/mol. The molecule has 0 atom stereocenters. The van der Waals surface area contributed by atoms with Crippen molar-refractivity contribution in [1.82, 2.24) is 4.90 Å². The van der Waals surface area contributed by atoms with Crippen LogP contribution in [-0.2, 0) is 4.79 Å². The summed E-state index contributed by atoms with van der Waals surface area (Å²) in [6, 6.07) is 0. The van der Waals surface area contributed by atoms with Gasteiger partial charge in [-0.05, 0) is 37.6 Å². The van der Waals surface area contributed by atoms with E-state index >= 15 is 0 Å². The second-order valence-corrected chi connectivity index (χ2v) is 5.53. The Hall–Kier alpha value is -0.570. The van der Waals surface area contributed by atoms with Crippen molar-refractivity contribution < 1.29 is 4.79 Å². The van der Waals surface area contributed by atoms with Crippen molar-refractivity contribution in [2.24, 2.45) is 11.1 Å². The van der Waals surface area contributed by atoms with E-state index in [2.05, 4.69) is 4.90 Å². The van der Waals surface area contributed by atoms with Crippen LogP contribution in [0.25, 0.3) is 0 Å². The Morgan fingerprint density at radius 3 is 2.12 bits per heavy atom. The van der Waals surface area contributed by atoms with E-state index in [-0.39, 0.29) is 5.41 Å². The number of likely N-dealkylation sites (tertiary alicyclic amines) is 1. The van der Waals surface area contributed by atoms with E-state index in [0.29, 0.717) is 18.9 Å². The van der Waals surface area contributed by atoms with Gasteiger partial charge in [0.25, 0.3) is 0 Å². The Morgan fingerprint density at radius 2 is 1.69 bits per heavy atom. The molecule has 0 bridgehead atoms. The maximum Gasteiger partial charge on any atom is 0.223 e. The van der Waals surface area contributed by atoms with Crippen LogP contribution in [0.5, 0.6) is 0 Å². The second kappa shape index (κ2) is 5.17. The largest absolute Gasteiger partial charge is 0.343 e. The molecule has 0 radical (unpaired) electrons. The number of nitrogens with zero attached hydrogens (tertiary/aromatic N) is 1. The molecule has 2 aliphatic rings. The molecule has 2 N–H and O–H groups in total. The number of nitrogens with two attached hydrogens (primary N) is 1. The van der Waals surface area contributed by atoms with Gasteiger partial charge in [0.2, 0.25) is 5.91 Å². The minimum atomic E-state index is 0.170. The summed E-state index contributed by atoms with van der Waals surface area (Å²) in [5, 5.41) is 0. The van der Waals surface area contributed by atoms with Gasteiger partial charge in [-0.15, -0.1) is 0 Å². The Labute approximate surface area is 98.4 Å². The van der Waals surface area contributed by atoms with E-state index < -0.39 is 0 Å². The first-order valence-electron chi connectivity index (χ1n) is 6.74. The molecule has 0 spiro atoms. The molecule has 92 valence electrons. The molecule has 0 aromatic heterocycles. The molecule has 16 heavy (non-hydrogen) atoms. The third-order valence-corrected chi connectivity index (χ3v) is 4.33. The molecule has 3 nitrogen and oxygen atoms in total. The fourth-order valence-corrected chi connectivity index (χ4v) is 2.88. The van der Waals surface area contributed by atoms with Crippen LogP contribution in [0.15, 0.2) is 0 Å². The van der Waals surface area contributed by atoms with Crippen molar-refractivity contribution in [2.45, 2.75) is 51.4 Å². The van der Waals surface area contributed by atoms with Crippen LogP contribution in [0.3, 0.4) is 0 Å². The molecule has 1 aliphatic carbocycles. The Balaban J connectivity index is 1.86. The Kier molecular flexibility index (Phi) is 3.85. The zero-order valence-electron chi connectivity index (χ0n) is 10.2. The molecule has 1 amide bonds. The van der Waals surface area contributed by atoms with Crippen molar-refractivity contribution in [3.05, 3.63) is 0 Å². The summed E-state index contributed by atoms with van der Waals surface area (Å²) in [7, 11) is 0. The number of hydrogen-bond donors (Lipinski definition) is 1. The van der Waals surface area contributed by atoms with Gasteiger partial charge >= 0.3 is 0 Å². The molecule has 1 heterocycles. The van der Waals surface area contributed by atoms with Gasteiger partial charge in [0, 0.05) is 19.5 Å². The van der Waals surface area contributed by atoms with Crippen LogP contribution in [0.1, 0.15) is 51.4 Å². The van der Waals surface area contributed by atoms with Crippen LogP contribution in [0.2, 0.25) is 0 Å². The SMILES string of the molecule is NCC1(CC(=O)N2CCCCCC2)CCC1. The van der Waals surface area contributed by atoms with Crippen molar-refractivity contribution >= 4 is 5.91 Å². The molecule has 2 rings (SSSR count). The first kappa shape index (κ1) is 11.9. The predicted molar refractivity (Wildman–Crippen MR) is 65.0 cm³/mol. The highest BCUT2D eigenvalue weighted by Gasteiger charge is 2.38. The molecule has 3 heteroatoms. The molecule has 0 aromatic carbocycles. The minimum Gasteiger partial charge on any atom is -0.343 e. The van der Waals surface area contributed by atoms with E-state index in [4.69, 9.17) is 5.73 Å². The number of rotatable bonds is 3. The van der Waals surface area contributed by atoms with Gasteiger partial charge in [-0.25, -0.2) is 0 Å². The average Bonchev–Trinajstić information content (AvgIpc) is 2.51. The van der Waals surface area contributed by atoms with Crippen LogP contribution in [0.4, 0.5) is 0 Å². The lowest BCUT2D eigenvalue weighted by Gasteiger charge is -2.41. The van der Waals surface area contributed by atoms with Gasteiger partial charge < -0.3 is 10.6 Å². The van der Waals surface area contributed by atoms with Crippen LogP contribution >= 0.6 is 0 Å². The Bertz CT molecular complexity index is 235. The summed E-state index contributed by atoms with van der Waals surface area (Å²) in [6.45, 7) is 2.63. The first-order valence-corrected chi connectivity index (χ1v) is 6.74. The van der Waals surface area contributed by atoms with E-state index in [1.54, 1.807) is 0 Å². The summed E-state index contributed by atoms with van der Waals surface area (Å²) in [5.41, 5.74) is 5.98. The third-order valence-electron chi connectivity index (χ3n) is 4.33. The lowest BCUT2D eigenvalue weighted by Crippen LogP contribution is -2.43. The standard InChI is InChI=1S/C13H24N2O/c14-11-13(6-5-7-13)10-12(16)15-8-3-1-2-4-9-15/h1-11,14H2. The van der Waals surface area contributed by atoms with Gasteiger partial charge in [-0.3, -0.25) is 4.79 Å².